The molecule has 96 valence electrons. The third-order valence-electron chi connectivity index (χ3n) is 2.26. The van der Waals surface area contributed by atoms with Gasteiger partial charge in [0.1, 0.15) is 5.75 Å². The number of hydrogen-bond donors (Lipinski definition) is 0. The number of Topliss-reactive ketones (excluding diaryl/α,β-unsaturated/α-hetero) is 1. The zero-order valence-corrected chi connectivity index (χ0v) is 12.4. The van der Waals surface area contributed by atoms with Crippen molar-refractivity contribution in [1.82, 2.24) is 0 Å². The first-order chi connectivity index (χ1) is 7.48. The van der Waals surface area contributed by atoms with Crippen molar-refractivity contribution in [1.29, 1.82) is 0 Å². The SMILES string of the molecule is C=C.CCCCCC[SH+]CC(=O)C(C)(C)C. The van der Waals surface area contributed by atoms with E-state index in [1.165, 1.54) is 43.2 Å². The molecule has 0 saturated carbocycles. The van der Waals surface area contributed by atoms with Crippen molar-refractivity contribution in [2.75, 3.05) is 11.5 Å². The average molecular weight is 245 g/mol. The average Bonchev–Trinajstić information content (AvgIpc) is 2.24. The Bertz CT molecular complexity index is 170. The van der Waals surface area contributed by atoms with Gasteiger partial charge in [-0.3, -0.25) is 4.79 Å². The lowest BCUT2D eigenvalue weighted by atomic mass is 9.92. The van der Waals surface area contributed by atoms with Crippen molar-refractivity contribution in [2.45, 2.75) is 53.4 Å². The molecule has 0 aliphatic rings. The molecule has 0 spiro atoms. The van der Waals surface area contributed by atoms with Gasteiger partial charge in [0.15, 0.2) is 11.5 Å². The van der Waals surface area contributed by atoms with Crippen LogP contribution in [0.15, 0.2) is 13.2 Å². The van der Waals surface area contributed by atoms with E-state index in [0.717, 1.165) is 5.75 Å². The highest BCUT2D eigenvalue weighted by atomic mass is 32.2. The summed E-state index contributed by atoms with van der Waals surface area (Å²) >= 11 is 1.32. The van der Waals surface area contributed by atoms with Crippen LogP contribution < -0.4 is 0 Å². The van der Waals surface area contributed by atoms with E-state index >= 15 is 0 Å². The quantitative estimate of drug-likeness (QED) is 0.288. The van der Waals surface area contributed by atoms with Crippen molar-refractivity contribution >= 4 is 17.5 Å². The molecule has 0 saturated heterocycles. The maximum Gasteiger partial charge on any atom is 0.186 e. The lowest BCUT2D eigenvalue weighted by Crippen LogP contribution is -2.24. The van der Waals surface area contributed by atoms with E-state index in [1.54, 1.807) is 0 Å². The lowest BCUT2D eigenvalue weighted by molar-refractivity contribution is -0.123. The summed E-state index contributed by atoms with van der Waals surface area (Å²) in [5, 5.41) is 0. The number of rotatable bonds is 7. The van der Waals surface area contributed by atoms with Gasteiger partial charge in [-0.2, -0.15) is 0 Å². The Hall–Kier alpha value is -0.240. The van der Waals surface area contributed by atoms with E-state index in [4.69, 9.17) is 0 Å². The van der Waals surface area contributed by atoms with E-state index in [1.807, 2.05) is 20.8 Å². The zero-order valence-electron chi connectivity index (χ0n) is 11.5. The first-order valence-corrected chi connectivity index (χ1v) is 7.41. The molecule has 16 heavy (non-hydrogen) atoms. The molecule has 0 N–H and O–H groups in total. The van der Waals surface area contributed by atoms with Gasteiger partial charge in [-0.15, -0.1) is 13.2 Å². The second kappa shape index (κ2) is 11.3. The Labute approximate surface area is 106 Å². The maximum atomic E-state index is 11.5. The standard InChI is InChI=1S/C12H24OS.C2H4/c1-5-6-7-8-9-14-10-11(13)12(2,3)4;1-2/h5-10H2,1-4H3;1-2H2/p+1. The number of ketones is 1. The molecule has 0 amide bonds. The molecule has 2 heteroatoms. The van der Waals surface area contributed by atoms with Crippen LogP contribution in [0.1, 0.15) is 53.4 Å². The Morgan fingerprint density at radius 1 is 1.12 bits per heavy atom. The van der Waals surface area contributed by atoms with Gasteiger partial charge >= 0.3 is 0 Å². The van der Waals surface area contributed by atoms with Crippen LogP contribution in [0, 0.1) is 5.41 Å². The summed E-state index contributed by atoms with van der Waals surface area (Å²) in [6.07, 6.45) is 5.24. The van der Waals surface area contributed by atoms with Crippen molar-refractivity contribution in [2.24, 2.45) is 5.41 Å². The Kier molecular flexibility index (Phi) is 12.8. The summed E-state index contributed by atoms with van der Waals surface area (Å²) in [6, 6.07) is 0. The first kappa shape index (κ1) is 18.1. The minimum Gasteiger partial charge on any atom is -0.294 e. The van der Waals surface area contributed by atoms with Crippen LogP contribution in [0.25, 0.3) is 0 Å². The molecule has 0 aromatic heterocycles. The number of carbonyl (C=O) groups excluding carboxylic acids is 1. The minimum atomic E-state index is -0.142. The first-order valence-electron chi connectivity index (χ1n) is 6.15. The van der Waals surface area contributed by atoms with Crippen LogP contribution in [0.2, 0.25) is 0 Å². The largest absolute Gasteiger partial charge is 0.294 e. The second-order valence-electron chi connectivity index (χ2n) is 4.84. The Morgan fingerprint density at radius 3 is 2.12 bits per heavy atom. The van der Waals surface area contributed by atoms with E-state index in [2.05, 4.69) is 20.1 Å². The highest BCUT2D eigenvalue weighted by molar-refractivity contribution is 7.79. The summed E-state index contributed by atoms with van der Waals surface area (Å²) < 4.78 is 0. The predicted octanol–water partition coefficient (Wildman–Crippen LogP) is 3.80. The molecule has 0 aliphatic heterocycles. The second-order valence-corrected chi connectivity index (χ2v) is 6.05. The monoisotopic (exact) mass is 245 g/mol. The molecule has 1 nitrogen and oxygen atoms in total. The molecule has 0 aliphatic carbocycles. The molecule has 0 unspecified atom stereocenters. The van der Waals surface area contributed by atoms with Crippen LogP contribution >= 0.6 is 0 Å². The Morgan fingerprint density at radius 2 is 1.69 bits per heavy atom. The number of unbranched alkanes of at least 4 members (excludes halogenated alkanes) is 3. The van der Waals surface area contributed by atoms with E-state index in [-0.39, 0.29) is 5.41 Å². The minimum absolute atomic E-state index is 0.142. The van der Waals surface area contributed by atoms with Crippen molar-refractivity contribution < 1.29 is 4.79 Å². The van der Waals surface area contributed by atoms with Gasteiger partial charge in [0.05, 0.1) is 0 Å². The molecule has 0 radical (unpaired) electrons. The fraction of sp³-hybridized carbons (Fsp3) is 0.786. The van der Waals surface area contributed by atoms with Crippen molar-refractivity contribution in [3.05, 3.63) is 13.2 Å². The third kappa shape index (κ3) is 11.8. The van der Waals surface area contributed by atoms with Crippen LogP contribution in [0.4, 0.5) is 0 Å². The van der Waals surface area contributed by atoms with Crippen molar-refractivity contribution in [3.63, 3.8) is 0 Å². The molecule has 0 aromatic carbocycles. The molecule has 0 bridgehead atoms. The highest BCUT2D eigenvalue weighted by Crippen LogP contribution is 2.14. The van der Waals surface area contributed by atoms with Gasteiger partial charge in [-0.25, -0.2) is 0 Å². The maximum absolute atomic E-state index is 11.5. The molecule has 0 fully saturated rings. The van der Waals surface area contributed by atoms with Crippen LogP contribution in [0.3, 0.4) is 0 Å². The van der Waals surface area contributed by atoms with Gasteiger partial charge in [-0.1, -0.05) is 40.5 Å². The van der Waals surface area contributed by atoms with Crippen LogP contribution in [-0.2, 0) is 16.6 Å². The summed E-state index contributed by atoms with van der Waals surface area (Å²) in [5.74, 6) is 2.34. The summed E-state index contributed by atoms with van der Waals surface area (Å²) in [4.78, 5) is 11.5. The fourth-order valence-electron chi connectivity index (χ4n) is 1.07. The normalized spacial score (nSPS) is 10.5. The smallest absolute Gasteiger partial charge is 0.186 e. The number of carbonyl (C=O) groups is 1. The van der Waals surface area contributed by atoms with Gasteiger partial charge in [0, 0.05) is 5.41 Å². The molecule has 0 rings (SSSR count). The summed E-state index contributed by atoms with van der Waals surface area (Å²) in [6.45, 7) is 14.2. The number of hydrogen-bond acceptors (Lipinski definition) is 1. The molecule has 0 heterocycles. The topological polar surface area (TPSA) is 17.1 Å². The summed E-state index contributed by atoms with van der Waals surface area (Å²) in [5.41, 5.74) is -0.142. The third-order valence-corrected chi connectivity index (χ3v) is 3.40. The fourth-order valence-corrected chi connectivity index (χ4v) is 2.35. The summed E-state index contributed by atoms with van der Waals surface area (Å²) in [7, 11) is 0. The van der Waals surface area contributed by atoms with Gasteiger partial charge < -0.3 is 0 Å². The van der Waals surface area contributed by atoms with Gasteiger partial charge in [0.2, 0.25) is 0 Å². The van der Waals surface area contributed by atoms with Crippen LogP contribution in [0.5, 0.6) is 0 Å². The van der Waals surface area contributed by atoms with E-state index in [0.29, 0.717) is 5.78 Å². The van der Waals surface area contributed by atoms with E-state index in [9.17, 15) is 4.79 Å². The number of thiol groups is 1. The molecule has 0 atom stereocenters. The van der Waals surface area contributed by atoms with Crippen LogP contribution in [-0.4, -0.2) is 17.3 Å². The Balaban J connectivity index is 0. The molecular weight excluding hydrogens is 216 g/mol. The van der Waals surface area contributed by atoms with E-state index < -0.39 is 0 Å². The highest BCUT2D eigenvalue weighted by Gasteiger charge is 2.23. The zero-order chi connectivity index (χ0) is 13.0. The van der Waals surface area contributed by atoms with Gasteiger partial charge in [-0.05, 0) is 24.6 Å². The molecule has 0 aromatic rings. The van der Waals surface area contributed by atoms with Gasteiger partial charge in [0.25, 0.3) is 0 Å². The van der Waals surface area contributed by atoms with Crippen molar-refractivity contribution in [3.8, 4) is 0 Å². The molecular formula is C14H29OS+. The predicted molar refractivity (Wildman–Crippen MR) is 78.4 cm³/mol. The lowest BCUT2D eigenvalue weighted by Gasteiger charge is -2.13.